The van der Waals surface area contributed by atoms with Crippen molar-refractivity contribution in [2.24, 2.45) is 0 Å². The van der Waals surface area contributed by atoms with Crippen molar-refractivity contribution >= 4 is 0 Å². The Balaban J connectivity index is 2.03. The van der Waals surface area contributed by atoms with Gasteiger partial charge in [0.2, 0.25) is 0 Å². The van der Waals surface area contributed by atoms with Gasteiger partial charge in [-0.15, -0.1) is 0 Å². The molecule has 5 heteroatoms. The second-order valence-electron chi connectivity index (χ2n) is 6.31. The minimum Gasteiger partial charge on any atom is -0.378 e. The highest BCUT2D eigenvalue weighted by atomic mass is 16.5. The Hall–Kier alpha value is -0.910. The van der Waals surface area contributed by atoms with E-state index in [0.717, 1.165) is 26.1 Å². The number of nitrogens with zero attached hydrogens (tertiary/aromatic N) is 2. The summed E-state index contributed by atoms with van der Waals surface area (Å²) in [6, 6.07) is 0. The van der Waals surface area contributed by atoms with Gasteiger partial charge in [0.05, 0.1) is 25.2 Å². The number of nitrogens with one attached hydrogen (secondary N) is 1. The molecule has 5 nitrogen and oxygen atoms in total. The van der Waals surface area contributed by atoms with Crippen LogP contribution in [-0.4, -0.2) is 41.0 Å². The predicted octanol–water partition coefficient (Wildman–Crippen LogP) is 1.58. The number of rotatable bonds is 5. The van der Waals surface area contributed by atoms with Crippen molar-refractivity contribution in [3.8, 4) is 0 Å². The first-order chi connectivity index (χ1) is 8.94. The fourth-order valence-corrected chi connectivity index (χ4v) is 2.24. The minimum atomic E-state index is -0.197. The molecule has 2 rings (SSSR count). The summed E-state index contributed by atoms with van der Waals surface area (Å²) in [5.41, 5.74) is 1.08. The highest BCUT2D eigenvalue weighted by Crippen LogP contribution is 2.25. The maximum atomic E-state index is 5.68. The Morgan fingerprint density at radius 1 is 1.53 bits per heavy atom. The molecule has 1 unspecified atom stereocenters. The van der Waals surface area contributed by atoms with Crippen LogP contribution in [0.1, 0.15) is 32.9 Å². The zero-order chi connectivity index (χ0) is 13.9. The maximum absolute atomic E-state index is 5.68. The summed E-state index contributed by atoms with van der Waals surface area (Å²) < 4.78 is 13.3. The average Bonchev–Trinajstić information content (AvgIpc) is 2.96. The van der Waals surface area contributed by atoms with E-state index in [1.807, 2.05) is 12.5 Å². The number of methoxy groups -OCH3 is 1. The monoisotopic (exact) mass is 267 g/mol. The second-order valence-corrected chi connectivity index (χ2v) is 6.31. The molecule has 1 aliphatic rings. The zero-order valence-electron chi connectivity index (χ0n) is 12.4. The van der Waals surface area contributed by atoms with Gasteiger partial charge in [0.15, 0.2) is 0 Å². The van der Waals surface area contributed by atoms with Gasteiger partial charge in [-0.1, -0.05) is 0 Å². The van der Waals surface area contributed by atoms with Crippen LogP contribution in [0.15, 0.2) is 12.5 Å². The maximum Gasteiger partial charge on any atom is 0.111 e. The molecule has 1 atom stereocenters. The number of ether oxygens (including phenoxy) is 2. The van der Waals surface area contributed by atoms with Crippen LogP contribution in [-0.2, 0) is 22.6 Å². The lowest BCUT2D eigenvalue weighted by atomic mass is 10.0. The Bertz CT molecular complexity index is 403. The highest BCUT2D eigenvalue weighted by Gasteiger charge is 2.35. The number of aromatic nitrogens is 2. The van der Waals surface area contributed by atoms with E-state index >= 15 is 0 Å². The minimum absolute atomic E-state index is 0.102. The average molecular weight is 267 g/mol. The van der Waals surface area contributed by atoms with Gasteiger partial charge in [0, 0.05) is 38.4 Å². The van der Waals surface area contributed by atoms with E-state index < -0.39 is 0 Å². The lowest BCUT2D eigenvalue weighted by Crippen LogP contribution is -2.39. The number of hydrogen-bond donors (Lipinski definition) is 1. The molecule has 108 valence electrons. The fraction of sp³-hybridized carbons (Fsp3) is 0.786. The number of imidazole rings is 1. The third-order valence-corrected chi connectivity index (χ3v) is 3.56. The van der Waals surface area contributed by atoms with Crippen LogP contribution in [0, 0.1) is 0 Å². The van der Waals surface area contributed by atoms with Crippen molar-refractivity contribution in [2.75, 3.05) is 20.3 Å². The van der Waals surface area contributed by atoms with Gasteiger partial charge in [-0.25, -0.2) is 4.98 Å². The molecular weight excluding hydrogens is 242 g/mol. The molecule has 1 aromatic rings. The molecule has 1 saturated heterocycles. The van der Waals surface area contributed by atoms with Gasteiger partial charge in [-0.2, -0.15) is 0 Å². The molecular formula is C14H25N3O2. The zero-order valence-corrected chi connectivity index (χ0v) is 12.4. The normalized spacial score (nSPS) is 24.0. The predicted molar refractivity (Wildman–Crippen MR) is 74.0 cm³/mol. The lowest BCUT2D eigenvalue weighted by Gasteiger charge is -2.27. The van der Waals surface area contributed by atoms with Crippen molar-refractivity contribution in [1.29, 1.82) is 0 Å². The molecule has 0 saturated carbocycles. The molecule has 0 radical (unpaired) electrons. The molecule has 1 aliphatic heterocycles. The van der Waals surface area contributed by atoms with Gasteiger partial charge >= 0.3 is 0 Å². The van der Waals surface area contributed by atoms with Crippen molar-refractivity contribution in [3.05, 3.63) is 18.2 Å². The van der Waals surface area contributed by atoms with E-state index in [1.54, 1.807) is 7.11 Å². The van der Waals surface area contributed by atoms with Crippen LogP contribution in [0.5, 0.6) is 0 Å². The first-order valence-electron chi connectivity index (χ1n) is 6.81. The molecule has 0 bridgehead atoms. The summed E-state index contributed by atoms with van der Waals surface area (Å²) in [5.74, 6) is 0. The quantitative estimate of drug-likeness (QED) is 0.880. The van der Waals surface area contributed by atoms with Gasteiger partial charge in [-0.05, 0) is 20.8 Å². The van der Waals surface area contributed by atoms with E-state index in [4.69, 9.17) is 9.47 Å². The molecule has 2 heterocycles. The molecule has 0 aliphatic carbocycles. The SMILES string of the molecule is COC1(Cn2cncc2CNC(C)(C)C)CCOC1. The number of hydrogen-bond acceptors (Lipinski definition) is 4. The fourth-order valence-electron chi connectivity index (χ4n) is 2.24. The van der Waals surface area contributed by atoms with E-state index in [0.29, 0.717) is 6.61 Å². The standard InChI is InChI=1S/C14H25N3O2/c1-13(2,3)16-8-12-7-15-11-17(12)9-14(18-4)5-6-19-10-14/h7,11,16H,5-6,8-10H2,1-4H3. The molecule has 1 fully saturated rings. The van der Waals surface area contributed by atoms with Crippen LogP contribution in [0.3, 0.4) is 0 Å². The third kappa shape index (κ3) is 3.78. The summed E-state index contributed by atoms with van der Waals surface area (Å²) >= 11 is 0. The Kier molecular flexibility index (Phi) is 4.28. The van der Waals surface area contributed by atoms with Crippen LogP contribution in [0.2, 0.25) is 0 Å². The van der Waals surface area contributed by atoms with Crippen LogP contribution >= 0.6 is 0 Å². The van der Waals surface area contributed by atoms with Crippen molar-refractivity contribution in [1.82, 2.24) is 14.9 Å². The van der Waals surface area contributed by atoms with Crippen LogP contribution in [0.4, 0.5) is 0 Å². The van der Waals surface area contributed by atoms with Gasteiger partial charge in [0.25, 0.3) is 0 Å². The molecule has 19 heavy (non-hydrogen) atoms. The topological polar surface area (TPSA) is 48.3 Å². The van der Waals surface area contributed by atoms with E-state index in [2.05, 4.69) is 35.6 Å². The Morgan fingerprint density at radius 2 is 2.32 bits per heavy atom. The molecule has 1 aromatic heterocycles. The summed E-state index contributed by atoms with van der Waals surface area (Å²) in [7, 11) is 1.76. The molecule has 0 amide bonds. The molecule has 1 N–H and O–H groups in total. The van der Waals surface area contributed by atoms with Crippen molar-refractivity contribution in [2.45, 2.75) is 51.4 Å². The Morgan fingerprint density at radius 3 is 2.89 bits per heavy atom. The van der Waals surface area contributed by atoms with Gasteiger partial charge in [-0.3, -0.25) is 0 Å². The van der Waals surface area contributed by atoms with Crippen LogP contribution < -0.4 is 5.32 Å². The summed E-state index contributed by atoms with van der Waals surface area (Å²) in [6.07, 6.45) is 4.73. The van der Waals surface area contributed by atoms with E-state index in [9.17, 15) is 0 Å². The Labute approximate surface area is 115 Å². The van der Waals surface area contributed by atoms with Crippen molar-refractivity contribution in [3.63, 3.8) is 0 Å². The summed E-state index contributed by atoms with van der Waals surface area (Å²) in [5, 5.41) is 3.49. The third-order valence-electron chi connectivity index (χ3n) is 3.56. The van der Waals surface area contributed by atoms with Gasteiger partial charge in [0.1, 0.15) is 5.60 Å². The van der Waals surface area contributed by atoms with E-state index in [-0.39, 0.29) is 11.1 Å². The second kappa shape index (κ2) is 5.61. The van der Waals surface area contributed by atoms with Crippen LogP contribution in [0.25, 0.3) is 0 Å². The summed E-state index contributed by atoms with van der Waals surface area (Å²) in [6.45, 7) is 9.53. The molecule has 0 spiro atoms. The first-order valence-corrected chi connectivity index (χ1v) is 6.81. The molecule has 0 aromatic carbocycles. The summed E-state index contributed by atoms with van der Waals surface area (Å²) in [4.78, 5) is 4.26. The van der Waals surface area contributed by atoms with Crippen molar-refractivity contribution < 1.29 is 9.47 Å². The van der Waals surface area contributed by atoms with E-state index in [1.165, 1.54) is 5.69 Å². The first kappa shape index (κ1) is 14.5. The smallest absolute Gasteiger partial charge is 0.111 e. The lowest BCUT2D eigenvalue weighted by molar-refractivity contribution is -0.0300. The largest absolute Gasteiger partial charge is 0.378 e. The highest BCUT2D eigenvalue weighted by molar-refractivity contribution is 5.01. The van der Waals surface area contributed by atoms with Gasteiger partial charge < -0.3 is 19.4 Å².